The van der Waals surface area contributed by atoms with Crippen LogP contribution in [0.1, 0.15) is 31.1 Å². The summed E-state index contributed by atoms with van der Waals surface area (Å²) >= 11 is 0. The molecule has 106 valence electrons. The number of carbonyl (C=O) groups excluding carboxylic acids is 2. The van der Waals surface area contributed by atoms with Gasteiger partial charge in [0, 0.05) is 17.8 Å². The first-order valence-corrected chi connectivity index (χ1v) is 6.11. The summed E-state index contributed by atoms with van der Waals surface area (Å²) in [6.07, 6.45) is 2.35. The first kappa shape index (κ1) is 14.0. The van der Waals surface area contributed by atoms with Crippen molar-refractivity contribution < 1.29 is 19.1 Å². The smallest absolute Gasteiger partial charge is 0.420 e. The molecule has 0 N–H and O–H groups in total. The molecule has 0 aliphatic rings. The van der Waals surface area contributed by atoms with Gasteiger partial charge in [-0.2, -0.15) is 0 Å². The van der Waals surface area contributed by atoms with Gasteiger partial charge in [-0.25, -0.2) is 19.1 Å². The van der Waals surface area contributed by atoms with E-state index in [0.717, 1.165) is 0 Å². The SMILES string of the molecule is COC(=O)c1cn(C(=O)OC(C)(C)C)c2ncccc12. The zero-order valence-electron chi connectivity index (χ0n) is 11.8. The maximum Gasteiger partial charge on any atom is 0.420 e. The highest BCUT2D eigenvalue weighted by Gasteiger charge is 2.23. The number of ether oxygens (including phenoxy) is 2. The van der Waals surface area contributed by atoms with Crippen LogP contribution in [0, 0.1) is 0 Å². The summed E-state index contributed by atoms with van der Waals surface area (Å²) in [6.45, 7) is 5.31. The first-order valence-electron chi connectivity index (χ1n) is 6.11. The molecule has 0 bridgehead atoms. The molecule has 0 aromatic carbocycles. The van der Waals surface area contributed by atoms with Crippen LogP contribution >= 0.6 is 0 Å². The van der Waals surface area contributed by atoms with Crippen LogP contribution in [0.25, 0.3) is 11.0 Å². The molecule has 0 saturated carbocycles. The van der Waals surface area contributed by atoms with Crippen molar-refractivity contribution in [2.75, 3.05) is 7.11 Å². The zero-order chi connectivity index (χ0) is 14.9. The van der Waals surface area contributed by atoms with Gasteiger partial charge in [-0.3, -0.25) is 0 Å². The molecule has 0 spiro atoms. The lowest BCUT2D eigenvalue weighted by Crippen LogP contribution is -2.26. The van der Waals surface area contributed by atoms with E-state index < -0.39 is 17.7 Å². The van der Waals surface area contributed by atoms with Crippen LogP contribution in [0.3, 0.4) is 0 Å². The first-order chi connectivity index (χ1) is 9.33. The molecule has 6 nitrogen and oxygen atoms in total. The molecular formula is C14H16N2O4. The lowest BCUT2D eigenvalue weighted by Gasteiger charge is -2.19. The topological polar surface area (TPSA) is 70.4 Å². The predicted octanol–water partition coefficient (Wildman–Crippen LogP) is 2.61. The number of carbonyl (C=O) groups is 2. The summed E-state index contributed by atoms with van der Waals surface area (Å²) in [5.74, 6) is -0.523. The van der Waals surface area contributed by atoms with Crippen molar-refractivity contribution in [2.24, 2.45) is 0 Å². The van der Waals surface area contributed by atoms with Crippen molar-refractivity contribution >= 4 is 23.1 Å². The average molecular weight is 276 g/mol. The summed E-state index contributed by atoms with van der Waals surface area (Å²) in [7, 11) is 1.29. The fourth-order valence-electron chi connectivity index (χ4n) is 1.78. The molecule has 0 aliphatic carbocycles. The Kier molecular flexibility index (Phi) is 3.48. The number of fused-ring (bicyclic) bond motifs is 1. The standard InChI is InChI=1S/C14H16N2O4/c1-14(2,3)20-13(18)16-8-10(12(17)19-4)9-6-5-7-15-11(9)16/h5-8H,1-4H3. The van der Waals surface area contributed by atoms with Crippen molar-refractivity contribution in [1.82, 2.24) is 9.55 Å². The molecule has 2 heterocycles. The third kappa shape index (κ3) is 2.64. The van der Waals surface area contributed by atoms with Gasteiger partial charge in [-0.15, -0.1) is 0 Å². The number of nitrogens with zero attached hydrogens (tertiary/aromatic N) is 2. The van der Waals surface area contributed by atoms with E-state index in [1.165, 1.54) is 17.9 Å². The Morgan fingerprint density at radius 3 is 2.60 bits per heavy atom. The molecule has 0 fully saturated rings. The van der Waals surface area contributed by atoms with Gasteiger partial charge in [0.05, 0.1) is 12.7 Å². The highest BCUT2D eigenvalue weighted by molar-refractivity contribution is 6.05. The summed E-state index contributed by atoms with van der Waals surface area (Å²) in [6, 6.07) is 3.39. The molecule has 0 aliphatic heterocycles. The van der Waals surface area contributed by atoms with Crippen molar-refractivity contribution in [2.45, 2.75) is 26.4 Å². The monoisotopic (exact) mass is 276 g/mol. The number of hydrogen-bond donors (Lipinski definition) is 0. The normalized spacial score (nSPS) is 11.4. The number of esters is 1. The van der Waals surface area contributed by atoms with E-state index in [1.54, 1.807) is 39.1 Å². The Balaban J connectivity index is 2.54. The fourth-order valence-corrected chi connectivity index (χ4v) is 1.78. The van der Waals surface area contributed by atoms with Gasteiger partial charge in [-0.1, -0.05) is 0 Å². The van der Waals surface area contributed by atoms with Gasteiger partial charge < -0.3 is 9.47 Å². The van der Waals surface area contributed by atoms with Crippen molar-refractivity contribution in [3.8, 4) is 0 Å². The van der Waals surface area contributed by atoms with Crippen molar-refractivity contribution in [3.05, 3.63) is 30.1 Å². The Morgan fingerprint density at radius 2 is 2.00 bits per heavy atom. The lowest BCUT2D eigenvalue weighted by molar-refractivity contribution is 0.0543. The maximum absolute atomic E-state index is 12.1. The number of hydrogen-bond acceptors (Lipinski definition) is 5. The van der Waals surface area contributed by atoms with Crippen LogP contribution in [0.2, 0.25) is 0 Å². The third-order valence-corrected chi connectivity index (χ3v) is 2.56. The molecule has 0 unspecified atom stereocenters. The van der Waals surface area contributed by atoms with Gasteiger partial charge >= 0.3 is 12.1 Å². The molecule has 6 heteroatoms. The molecule has 2 aromatic rings. The lowest BCUT2D eigenvalue weighted by atomic mass is 10.2. The average Bonchev–Trinajstić information content (AvgIpc) is 2.75. The Hall–Kier alpha value is -2.37. The summed E-state index contributed by atoms with van der Waals surface area (Å²) in [5, 5.41) is 0.546. The fraction of sp³-hybridized carbons (Fsp3) is 0.357. The number of rotatable bonds is 1. The van der Waals surface area contributed by atoms with E-state index in [-0.39, 0.29) is 5.56 Å². The second kappa shape index (κ2) is 4.96. The Labute approximate surface area is 116 Å². The molecule has 0 saturated heterocycles. The summed E-state index contributed by atoms with van der Waals surface area (Å²) in [4.78, 5) is 28.0. The minimum atomic E-state index is -0.631. The van der Waals surface area contributed by atoms with Crippen LogP contribution < -0.4 is 0 Å². The third-order valence-electron chi connectivity index (χ3n) is 2.56. The molecule has 0 amide bonds. The van der Waals surface area contributed by atoms with Gasteiger partial charge in [-0.05, 0) is 32.9 Å². The quantitative estimate of drug-likeness (QED) is 0.749. The van der Waals surface area contributed by atoms with E-state index in [0.29, 0.717) is 11.0 Å². The van der Waals surface area contributed by atoms with E-state index >= 15 is 0 Å². The van der Waals surface area contributed by atoms with Crippen LogP contribution in [-0.2, 0) is 9.47 Å². The van der Waals surface area contributed by atoms with Crippen LogP contribution in [0.4, 0.5) is 4.79 Å². The van der Waals surface area contributed by atoms with Crippen molar-refractivity contribution in [3.63, 3.8) is 0 Å². The number of methoxy groups -OCH3 is 1. The molecule has 2 rings (SSSR count). The van der Waals surface area contributed by atoms with E-state index in [2.05, 4.69) is 4.98 Å². The molecule has 2 aromatic heterocycles. The summed E-state index contributed by atoms with van der Waals surface area (Å²) in [5.41, 5.74) is 0.0112. The summed E-state index contributed by atoms with van der Waals surface area (Å²) < 4.78 is 11.2. The van der Waals surface area contributed by atoms with Gasteiger partial charge in [0.2, 0.25) is 0 Å². The zero-order valence-corrected chi connectivity index (χ0v) is 11.8. The van der Waals surface area contributed by atoms with Gasteiger partial charge in [0.25, 0.3) is 0 Å². The van der Waals surface area contributed by atoms with Crippen LogP contribution in [-0.4, -0.2) is 34.3 Å². The molecule has 20 heavy (non-hydrogen) atoms. The minimum absolute atomic E-state index is 0.279. The molecule has 0 atom stereocenters. The maximum atomic E-state index is 12.1. The highest BCUT2D eigenvalue weighted by atomic mass is 16.6. The van der Waals surface area contributed by atoms with Crippen LogP contribution in [0.15, 0.2) is 24.5 Å². The van der Waals surface area contributed by atoms with E-state index in [1.807, 2.05) is 0 Å². The van der Waals surface area contributed by atoms with E-state index in [9.17, 15) is 9.59 Å². The largest absolute Gasteiger partial charge is 0.465 e. The number of aromatic nitrogens is 2. The Bertz CT molecular complexity index is 667. The Morgan fingerprint density at radius 1 is 1.30 bits per heavy atom. The second-order valence-corrected chi connectivity index (χ2v) is 5.26. The van der Waals surface area contributed by atoms with E-state index in [4.69, 9.17) is 9.47 Å². The van der Waals surface area contributed by atoms with Crippen LogP contribution in [0.5, 0.6) is 0 Å². The predicted molar refractivity (Wildman–Crippen MR) is 72.7 cm³/mol. The number of pyridine rings is 1. The second-order valence-electron chi connectivity index (χ2n) is 5.26. The van der Waals surface area contributed by atoms with Crippen molar-refractivity contribution in [1.29, 1.82) is 0 Å². The highest BCUT2D eigenvalue weighted by Crippen LogP contribution is 2.21. The van der Waals surface area contributed by atoms with Gasteiger partial charge in [0.15, 0.2) is 0 Å². The minimum Gasteiger partial charge on any atom is -0.465 e. The molecule has 0 radical (unpaired) electrons. The van der Waals surface area contributed by atoms with Gasteiger partial charge in [0.1, 0.15) is 11.2 Å². The molecular weight excluding hydrogens is 260 g/mol.